The summed E-state index contributed by atoms with van der Waals surface area (Å²) in [6.45, 7) is 9.74. The van der Waals surface area contributed by atoms with Crippen molar-refractivity contribution in [3.05, 3.63) is 0 Å². The molecule has 0 aromatic carbocycles. The van der Waals surface area contributed by atoms with Gasteiger partial charge in [0.2, 0.25) is 0 Å². The molecule has 13 nitrogen and oxygen atoms in total. The van der Waals surface area contributed by atoms with Crippen LogP contribution in [0.5, 0.6) is 0 Å². The third-order valence-electron chi connectivity index (χ3n) is 3.17. The molecule has 2 atom stereocenters. The summed E-state index contributed by atoms with van der Waals surface area (Å²) in [4.78, 5) is 55.2. The van der Waals surface area contributed by atoms with Gasteiger partial charge in [0, 0.05) is 0 Å². The van der Waals surface area contributed by atoms with Gasteiger partial charge in [-0.1, -0.05) is 0 Å². The Balaban J connectivity index is 0. The Labute approximate surface area is 193 Å². The molecule has 0 radical (unpaired) electrons. The molecule has 0 aliphatic heterocycles. The van der Waals surface area contributed by atoms with Crippen LogP contribution in [0.25, 0.3) is 0 Å². The highest BCUT2D eigenvalue weighted by molar-refractivity contribution is 5.85. The predicted octanol–water partition coefficient (Wildman–Crippen LogP) is 0.963. The molecule has 0 heterocycles. The number of carbonyl (C=O) groups excluding carboxylic acids is 4. The van der Waals surface area contributed by atoms with Crippen LogP contribution < -0.4 is 10.6 Å². The summed E-state index contributed by atoms with van der Waals surface area (Å²) in [5, 5.41) is 22.2. The number of carboxylic acids is 1. The monoisotopic (exact) mass is 480 g/mol. The number of carboxylic acid groups (broad SMARTS) is 1. The van der Waals surface area contributed by atoms with Crippen LogP contribution in [0.4, 0.5) is 9.59 Å². The lowest BCUT2D eigenvalue weighted by atomic mass is 10.2. The number of esters is 2. The van der Waals surface area contributed by atoms with E-state index in [2.05, 4.69) is 20.1 Å². The highest BCUT2D eigenvalue weighted by Crippen LogP contribution is 2.08. The van der Waals surface area contributed by atoms with Crippen molar-refractivity contribution in [2.75, 3.05) is 20.8 Å². The van der Waals surface area contributed by atoms with E-state index < -0.39 is 59.8 Å². The minimum Gasteiger partial charge on any atom is -0.480 e. The van der Waals surface area contributed by atoms with Crippen molar-refractivity contribution in [2.45, 2.75) is 77.7 Å². The number of aliphatic hydroxyl groups is 1. The number of methoxy groups -OCH3 is 2. The fourth-order valence-electron chi connectivity index (χ4n) is 1.82. The molecule has 192 valence electrons. The average Bonchev–Trinajstić information content (AvgIpc) is 2.63. The number of alkyl carbamates (subject to hydrolysis) is 2. The van der Waals surface area contributed by atoms with E-state index in [0.29, 0.717) is 0 Å². The van der Waals surface area contributed by atoms with Gasteiger partial charge in [0.1, 0.15) is 17.2 Å². The highest BCUT2D eigenvalue weighted by Gasteiger charge is 2.26. The van der Waals surface area contributed by atoms with Crippen LogP contribution in [0.2, 0.25) is 0 Å². The van der Waals surface area contributed by atoms with E-state index in [1.54, 1.807) is 41.5 Å². The Kier molecular flexibility index (Phi) is 14.5. The molecule has 0 aliphatic rings. The summed E-state index contributed by atoms with van der Waals surface area (Å²) in [5.41, 5.74) is -1.35. The Morgan fingerprint density at radius 3 is 1.48 bits per heavy atom. The minimum atomic E-state index is -1.36. The van der Waals surface area contributed by atoms with E-state index in [1.165, 1.54) is 7.11 Å². The number of hydrogen-bond donors (Lipinski definition) is 4. The Bertz CT molecular complexity index is 666. The van der Waals surface area contributed by atoms with Crippen molar-refractivity contribution in [3.63, 3.8) is 0 Å². The highest BCUT2D eigenvalue weighted by atomic mass is 16.6. The van der Waals surface area contributed by atoms with Crippen molar-refractivity contribution >= 4 is 30.1 Å². The summed E-state index contributed by atoms with van der Waals surface area (Å²) in [7, 11) is 2.37. The van der Waals surface area contributed by atoms with E-state index in [0.717, 1.165) is 7.11 Å². The molecule has 0 aromatic heterocycles. The lowest BCUT2D eigenvalue weighted by molar-refractivity contribution is -0.147. The summed E-state index contributed by atoms with van der Waals surface area (Å²) < 4.78 is 18.6. The third-order valence-corrected chi connectivity index (χ3v) is 3.17. The van der Waals surface area contributed by atoms with Gasteiger partial charge in [-0.15, -0.1) is 0 Å². The van der Waals surface area contributed by atoms with Gasteiger partial charge < -0.3 is 39.8 Å². The lowest BCUT2D eigenvalue weighted by Crippen LogP contribution is -2.44. The van der Waals surface area contributed by atoms with Crippen LogP contribution in [0, 0.1) is 0 Å². The maximum Gasteiger partial charge on any atom is 0.408 e. The minimum absolute atomic E-state index is 0.0910. The molecule has 0 aromatic rings. The molecule has 0 bridgehead atoms. The zero-order chi connectivity index (χ0) is 26.4. The first kappa shape index (κ1) is 32.1. The topological polar surface area (TPSA) is 187 Å². The van der Waals surface area contributed by atoms with Gasteiger partial charge in [-0.2, -0.15) is 0 Å². The first-order valence-corrected chi connectivity index (χ1v) is 9.90. The number of aliphatic carboxylic acids is 1. The fourth-order valence-corrected chi connectivity index (χ4v) is 1.82. The van der Waals surface area contributed by atoms with E-state index in [9.17, 15) is 24.0 Å². The normalized spacial score (nSPS) is 12.6. The van der Waals surface area contributed by atoms with Gasteiger partial charge in [-0.25, -0.2) is 14.4 Å². The smallest absolute Gasteiger partial charge is 0.408 e. The Morgan fingerprint density at radius 1 is 0.758 bits per heavy atom. The third kappa shape index (κ3) is 19.3. The second-order valence-corrected chi connectivity index (χ2v) is 8.62. The summed E-state index contributed by atoms with van der Waals surface area (Å²) in [6.07, 6.45) is -2.11. The lowest BCUT2D eigenvalue weighted by Gasteiger charge is -2.22. The first-order valence-electron chi connectivity index (χ1n) is 9.90. The molecule has 13 heteroatoms. The zero-order valence-electron chi connectivity index (χ0n) is 20.3. The van der Waals surface area contributed by atoms with E-state index >= 15 is 0 Å². The van der Waals surface area contributed by atoms with Gasteiger partial charge in [0.05, 0.1) is 39.7 Å². The maximum absolute atomic E-state index is 11.3. The van der Waals surface area contributed by atoms with Gasteiger partial charge in [-0.3, -0.25) is 9.59 Å². The number of ether oxygens (including phenoxy) is 4. The summed E-state index contributed by atoms with van der Waals surface area (Å²) in [6, 6.07) is -2.06. The number of amides is 2. The number of nitrogens with one attached hydrogen (secondary N) is 2. The molecule has 0 saturated carbocycles. The molecule has 0 rings (SSSR count). The Hall–Kier alpha value is -3.09. The molecule has 2 amide bonds. The average molecular weight is 481 g/mol. The van der Waals surface area contributed by atoms with Gasteiger partial charge in [0.15, 0.2) is 0 Å². The van der Waals surface area contributed by atoms with Crippen LogP contribution in [0.1, 0.15) is 54.4 Å². The second-order valence-electron chi connectivity index (χ2n) is 8.62. The van der Waals surface area contributed by atoms with Crippen molar-refractivity contribution in [3.8, 4) is 0 Å². The van der Waals surface area contributed by atoms with E-state index in [-0.39, 0.29) is 13.0 Å². The molecular weight excluding hydrogens is 444 g/mol. The van der Waals surface area contributed by atoms with Crippen molar-refractivity contribution in [1.82, 2.24) is 10.6 Å². The molecule has 0 fully saturated rings. The number of rotatable bonds is 8. The fraction of sp³-hybridized carbons (Fsp3) is 0.750. The SMILES string of the molecule is COC(=O)CC(CO)NC(=O)OC(C)(C)C.COC(=O)CC(NC(=O)OC(C)(C)C)C(=O)O. The van der Waals surface area contributed by atoms with Crippen LogP contribution in [0.15, 0.2) is 0 Å². The molecule has 2 unspecified atom stereocenters. The zero-order valence-corrected chi connectivity index (χ0v) is 20.3. The quantitative estimate of drug-likeness (QED) is 0.286. The van der Waals surface area contributed by atoms with Gasteiger partial charge in [-0.05, 0) is 41.5 Å². The van der Waals surface area contributed by atoms with E-state index in [1.807, 2.05) is 0 Å². The Morgan fingerprint density at radius 2 is 1.15 bits per heavy atom. The maximum atomic E-state index is 11.3. The van der Waals surface area contributed by atoms with Gasteiger partial charge in [0.25, 0.3) is 0 Å². The molecule has 0 saturated heterocycles. The molecular formula is C20H36N2O11. The van der Waals surface area contributed by atoms with Crippen LogP contribution >= 0.6 is 0 Å². The van der Waals surface area contributed by atoms with Crippen molar-refractivity contribution in [2.24, 2.45) is 0 Å². The number of aliphatic hydroxyl groups excluding tert-OH is 1. The number of carbonyl (C=O) groups is 5. The van der Waals surface area contributed by atoms with E-state index in [4.69, 9.17) is 19.7 Å². The molecule has 4 N–H and O–H groups in total. The van der Waals surface area contributed by atoms with Crippen molar-refractivity contribution in [1.29, 1.82) is 0 Å². The number of hydrogen-bond acceptors (Lipinski definition) is 10. The standard InChI is InChI=1S/C10H17NO6.C10H19NO5/c1-10(2,3)17-9(15)11-6(8(13)14)5-7(12)16-4;1-10(2,3)16-9(14)11-7(6-12)5-8(13)15-4/h6H,5H2,1-4H3,(H,11,15)(H,13,14);7,12H,5-6H2,1-4H3,(H,11,14). The van der Waals surface area contributed by atoms with Crippen LogP contribution in [-0.4, -0.2) is 84.4 Å². The largest absolute Gasteiger partial charge is 0.480 e. The molecule has 0 spiro atoms. The summed E-state index contributed by atoms with van der Waals surface area (Å²) >= 11 is 0. The first-order chi connectivity index (χ1) is 14.9. The van der Waals surface area contributed by atoms with Crippen molar-refractivity contribution < 1.29 is 53.1 Å². The summed E-state index contributed by atoms with van der Waals surface area (Å²) in [5.74, 6) is -2.56. The molecule has 0 aliphatic carbocycles. The van der Waals surface area contributed by atoms with Gasteiger partial charge >= 0.3 is 30.1 Å². The molecule has 33 heavy (non-hydrogen) atoms. The van der Waals surface area contributed by atoms with Crippen LogP contribution in [-0.2, 0) is 33.3 Å². The predicted molar refractivity (Wildman–Crippen MR) is 114 cm³/mol. The second kappa shape index (κ2) is 14.9. The van der Waals surface area contributed by atoms with Crippen LogP contribution in [0.3, 0.4) is 0 Å².